The zero-order valence-electron chi connectivity index (χ0n) is 11.3. The number of hydrogen-bond donors (Lipinski definition) is 3. The Hall–Kier alpha value is -1.21. The quantitative estimate of drug-likeness (QED) is 0.728. The number of halogens is 1. The summed E-state index contributed by atoms with van der Waals surface area (Å²) in [7, 11) is 0. The standard InChI is InChI=1S/C13H17BrN2O3S/c1-8-9(14)4-3-5-10(8)15-13(19)16-11(12(17)18)6-7-20-2/h3-5,11H,6-7H2,1-2H3,(H,17,18)(H2,15,16,19)/t11-/m1/s1. The SMILES string of the molecule is CSCC[C@@H](NC(=O)Nc1cccc(Br)c1C)C(=O)O. The van der Waals surface area contributed by atoms with Crippen LogP contribution in [0.3, 0.4) is 0 Å². The molecule has 1 rings (SSSR count). The summed E-state index contributed by atoms with van der Waals surface area (Å²) in [5.74, 6) is -0.354. The van der Waals surface area contributed by atoms with Crippen LogP contribution in [0.4, 0.5) is 10.5 Å². The first-order valence-corrected chi connectivity index (χ1v) is 8.18. The molecule has 2 amide bonds. The third-order valence-corrected chi connectivity index (χ3v) is 4.23. The van der Waals surface area contributed by atoms with E-state index in [4.69, 9.17) is 5.11 Å². The first-order valence-electron chi connectivity index (χ1n) is 6.00. The van der Waals surface area contributed by atoms with Gasteiger partial charge < -0.3 is 15.7 Å². The normalized spacial score (nSPS) is 11.8. The van der Waals surface area contributed by atoms with Crippen LogP contribution in [-0.4, -0.2) is 35.2 Å². The number of nitrogens with one attached hydrogen (secondary N) is 2. The van der Waals surface area contributed by atoms with E-state index in [0.29, 0.717) is 17.9 Å². The third kappa shape index (κ3) is 5.05. The summed E-state index contributed by atoms with van der Waals surface area (Å²) in [6.45, 7) is 1.86. The fraction of sp³-hybridized carbons (Fsp3) is 0.385. The van der Waals surface area contributed by atoms with Crippen LogP contribution in [0.25, 0.3) is 0 Å². The van der Waals surface area contributed by atoms with Crippen molar-refractivity contribution >= 4 is 45.4 Å². The van der Waals surface area contributed by atoms with Crippen LogP contribution in [0.5, 0.6) is 0 Å². The van der Waals surface area contributed by atoms with Gasteiger partial charge in [-0.1, -0.05) is 22.0 Å². The van der Waals surface area contributed by atoms with E-state index in [1.807, 2.05) is 19.2 Å². The summed E-state index contributed by atoms with van der Waals surface area (Å²) in [5.41, 5.74) is 1.53. The van der Waals surface area contributed by atoms with Crippen LogP contribution >= 0.6 is 27.7 Å². The maximum absolute atomic E-state index is 11.8. The number of thioether (sulfide) groups is 1. The Morgan fingerprint density at radius 2 is 2.15 bits per heavy atom. The van der Waals surface area contributed by atoms with Crippen LogP contribution in [0, 0.1) is 6.92 Å². The van der Waals surface area contributed by atoms with Gasteiger partial charge in [0.25, 0.3) is 0 Å². The van der Waals surface area contributed by atoms with Crippen LogP contribution in [0.1, 0.15) is 12.0 Å². The van der Waals surface area contributed by atoms with Crippen molar-refractivity contribution < 1.29 is 14.7 Å². The largest absolute Gasteiger partial charge is 0.480 e. The molecule has 1 aromatic rings. The van der Waals surface area contributed by atoms with Gasteiger partial charge in [0.1, 0.15) is 6.04 Å². The van der Waals surface area contributed by atoms with Gasteiger partial charge in [0.15, 0.2) is 0 Å². The predicted octanol–water partition coefficient (Wildman–Crippen LogP) is 3.09. The Bertz CT molecular complexity index is 497. The van der Waals surface area contributed by atoms with Crippen molar-refractivity contribution in [3.8, 4) is 0 Å². The molecular formula is C13H17BrN2O3S. The molecule has 0 aliphatic heterocycles. The predicted molar refractivity (Wildman–Crippen MR) is 85.5 cm³/mol. The Labute approximate surface area is 130 Å². The molecule has 0 heterocycles. The van der Waals surface area contributed by atoms with Gasteiger partial charge >= 0.3 is 12.0 Å². The summed E-state index contributed by atoms with van der Waals surface area (Å²) in [4.78, 5) is 22.9. The summed E-state index contributed by atoms with van der Waals surface area (Å²) in [6.07, 6.45) is 2.28. The van der Waals surface area contributed by atoms with Crippen molar-refractivity contribution in [1.82, 2.24) is 5.32 Å². The average Bonchev–Trinajstić information content (AvgIpc) is 2.39. The second-order valence-electron chi connectivity index (χ2n) is 4.18. The fourth-order valence-corrected chi connectivity index (χ4v) is 2.39. The number of benzene rings is 1. The molecule has 1 aromatic carbocycles. The average molecular weight is 361 g/mol. The Kier molecular flexibility index (Phi) is 6.87. The first kappa shape index (κ1) is 16.8. The molecule has 5 nitrogen and oxygen atoms in total. The van der Waals surface area contributed by atoms with Gasteiger partial charge in [0.05, 0.1) is 0 Å². The number of hydrogen-bond acceptors (Lipinski definition) is 3. The van der Waals surface area contributed by atoms with Gasteiger partial charge in [-0.3, -0.25) is 0 Å². The minimum atomic E-state index is -1.03. The van der Waals surface area contributed by atoms with E-state index in [-0.39, 0.29) is 0 Å². The number of carboxylic acid groups (broad SMARTS) is 1. The number of carboxylic acids is 1. The number of amides is 2. The molecule has 0 fully saturated rings. The minimum absolute atomic E-state index is 0.390. The van der Waals surface area contributed by atoms with Crippen molar-refractivity contribution in [2.75, 3.05) is 17.3 Å². The van der Waals surface area contributed by atoms with Crippen molar-refractivity contribution in [2.24, 2.45) is 0 Å². The van der Waals surface area contributed by atoms with E-state index >= 15 is 0 Å². The molecule has 0 aliphatic carbocycles. The zero-order valence-corrected chi connectivity index (χ0v) is 13.7. The maximum Gasteiger partial charge on any atom is 0.326 e. The van der Waals surface area contributed by atoms with Crippen molar-refractivity contribution in [3.63, 3.8) is 0 Å². The Morgan fingerprint density at radius 1 is 1.45 bits per heavy atom. The molecule has 0 saturated heterocycles. The molecule has 0 unspecified atom stereocenters. The van der Waals surface area contributed by atoms with Crippen LogP contribution in [0.2, 0.25) is 0 Å². The Morgan fingerprint density at radius 3 is 2.75 bits per heavy atom. The topological polar surface area (TPSA) is 78.4 Å². The lowest BCUT2D eigenvalue weighted by Crippen LogP contribution is -2.43. The maximum atomic E-state index is 11.8. The third-order valence-electron chi connectivity index (χ3n) is 2.73. The molecule has 20 heavy (non-hydrogen) atoms. The lowest BCUT2D eigenvalue weighted by atomic mass is 10.2. The fourth-order valence-electron chi connectivity index (χ4n) is 1.55. The highest BCUT2D eigenvalue weighted by molar-refractivity contribution is 9.10. The molecule has 3 N–H and O–H groups in total. The van der Waals surface area contributed by atoms with Gasteiger partial charge in [-0.15, -0.1) is 0 Å². The summed E-state index contributed by atoms with van der Waals surface area (Å²) >= 11 is 4.92. The van der Waals surface area contributed by atoms with E-state index in [1.165, 1.54) is 0 Å². The monoisotopic (exact) mass is 360 g/mol. The molecule has 7 heteroatoms. The van der Waals surface area contributed by atoms with E-state index in [1.54, 1.807) is 23.9 Å². The highest BCUT2D eigenvalue weighted by Gasteiger charge is 2.19. The van der Waals surface area contributed by atoms with Gasteiger partial charge in [-0.25, -0.2) is 9.59 Å². The summed E-state index contributed by atoms with van der Waals surface area (Å²) in [6, 6.07) is 4.04. The molecule has 0 aliphatic rings. The lowest BCUT2D eigenvalue weighted by Gasteiger charge is -2.15. The first-order chi connectivity index (χ1) is 9.45. The van der Waals surface area contributed by atoms with E-state index in [9.17, 15) is 9.59 Å². The Balaban J connectivity index is 2.66. The number of urea groups is 1. The molecule has 0 aromatic heterocycles. The number of anilines is 1. The van der Waals surface area contributed by atoms with Crippen molar-refractivity contribution in [1.29, 1.82) is 0 Å². The number of carbonyl (C=O) groups excluding carboxylic acids is 1. The molecule has 0 saturated carbocycles. The second-order valence-corrected chi connectivity index (χ2v) is 6.02. The molecular weight excluding hydrogens is 344 g/mol. The van der Waals surface area contributed by atoms with Crippen LogP contribution in [-0.2, 0) is 4.79 Å². The van der Waals surface area contributed by atoms with Gasteiger partial charge in [0.2, 0.25) is 0 Å². The lowest BCUT2D eigenvalue weighted by molar-refractivity contribution is -0.139. The molecule has 0 bridgehead atoms. The van der Waals surface area contributed by atoms with Crippen molar-refractivity contribution in [3.05, 3.63) is 28.2 Å². The number of aliphatic carboxylic acids is 1. The molecule has 0 radical (unpaired) electrons. The van der Waals surface area contributed by atoms with Crippen LogP contribution < -0.4 is 10.6 Å². The molecule has 0 spiro atoms. The number of rotatable bonds is 6. The van der Waals surface area contributed by atoms with E-state index in [0.717, 1.165) is 10.0 Å². The summed E-state index contributed by atoms with van der Waals surface area (Å²) in [5, 5.41) is 14.2. The van der Waals surface area contributed by atoms with Crippen LogP contribution in [0.15, 0.2) is 22.7 Å². The van der Waals surface area contributed by atoms with E-state index in [2.05, 4.69) is 26.6 Å². The molecule has 110 valence electrons. The number of carbonyl (C=O) groups is 2. The van der Waals surface area contributed by atoms with Gasteiger partial charge in [-0.2, -0.15) is 11.8 Å². The smallest absolute Gasteiger partial charge is 0.326 e. The second kappa shape index (κ2) is 8.16. The minimum Gasteiger partial charge on any atom is -0.480 e. The zero-order chi connectivity index (χ0) is 15.1. The highest BCUT2D eigenvalue weighted by Crippen LogP contribution is 2.23. The van der Waals surface area contributed by atoms with Gasteiger partial charge in [0, 0.05) is 10.2 Å². The van der Waals surface area contributed by atoms with Gasteiger partial charge in [-0.05, 0) is 43.0 Å². The highest BCUT2D eigenvalue weighted by atomic mass is 79.9. The molecule has 1 atom stereocenters. The van der Waals surface area contributed by atoms with E-state index < -0.39 is 18.0 Å². The van der Waals surface area contributed by atoms with Crippen molar-refractivity contribution in [2.45, 2.75) is 19.4 Å². The summed E-state index contributed by atoms with van der Waals surface area (Å²) < 4.78 is 0.882.